The second-order valence-corrected chi connectivity index (χ2v) is 5.44. The molecule has 1 heterocycles. The Kier molecular flexibility index (Phi) is 5.21. The summed E-state index contributed by atoms with van der Waals surface area (Å²) in [4.78, 5) is 2.59. The van der Waals surface area contributed by atoms with E-state index in [1.807, 2.05) is 0 Å². The van der Waals surface area contributed by atoms with Gasteiger partial charge in [0.05, 0.1) is 0 Å². The fraction of sp³-hybridized carbons (Fsp3) is 0.625. The molecular formula is C16H26N2. The van der Waals surface area contributed by atoms with Gasteiger partial charge in [0.25, 0.3) is 0 Å². The zero-order chi connectivity index (χ0) is 12.8. The summed E-state index contributed by atoms with van der Waals surface area (Å²) >= 11 is 0. The first-order valence-corrected chi connectivity index (χ1v) is 7.32. The lowest BCUT2D eigenvalue weighted by Gasteiger charge is -2.29. The maximum atomic E-state index is 3.56. The van der Waals surface area contributed by atoms with Crippen LogP contribution < -0.4 is 5.32 Å². The molecule has 0 spiro atoms. The predicted octanol–water partition coefficient (Wildman–Crippen LogP) is 2.82. The Balaban J connectivity index is 1.76. The molecule has 1 aromatic rings. The Morgan fingerprint density at radius 3 is 2.83 bits per heavy atom. The summed E-state index contributed by atoms with van der Waals surface area (Å²) in [5, 5.41) is 3.56. The minimum absolute atomic E-state index is 0.641. The van der Waals surface area contributed by atoms with Gasteiger partial charge in [0.2, 0.25) is 0 Å². The van der Waals surface area contributed by atoms with Crippen LogP contribution >= 0.6 is 0 Å². The van der Waals surface area contributed by atoms with Crippen molar-refractivity contribution in [2.75, 3.05) is 19.6 Å². The SMILES string of the molecule is CCCNC(C)CCN1CCc2ccccc2C1. The van der Waals surface area contributed by atoms with Crippen LogP contribution in [-0.4, -0.2) is 30.6 Å². The largest absolute Gasteiger partial charge is 0.314 e. The summed E-state index contributed by atoms with van der Waals surface area (Å²) in [6.07, 6.45) is 3.69. The molecule has 1 unspecified atom stereocenters. The van der Waals surface area contributed by atoms with Gasteiger partial charge >= 0.3 is 0 Å². The average Bonchev–Trinajstić information content (AvgIpc) is 2.42. The van der Waals surface area contributed by atoms with E-state index in [-0.39, 0.29) is 0 Å². The summed E-state index contributed by atoms with van der Waals surface area (Å²) in [5.74, 6) is 0. The standard InChI is InChI=1S/C16H26N2/c1-3-10-17-14(2)8-11-18-12-9-15-6-4-5-7-16(15)13-18/h4-7,14,17H,3,8-13H2,1-2H3. The number of benzene rings is 1. The van der Waals surface area contributed by atoms with Crippen molar-refractivity contribution >= 4 is 0 Å². The molecule has 1 N–H and O–H groups in total. The van der Waals surface area contributed by atoms with Crippen molar-refractivity contribution in [1.82, 2.24) is 10.2 Å². The molecule has 1 aromatic carbocycles. The molecule has 0 fully saturated rings. The highest BCUT2D eigenvalue weighted by Gasteiger charge is 2.15. The van der Waals surface area contributed by atoms with Crippen LogP contribution in [0, 0.1) is 0 Å². The molecule has 0 aromatic heterocycles. The van der Waals surface area contributed by atoms with E-state index in [4.69, 9.17) is 0 Å². The number of rotatable bonds is 6. The maximum absolute atomic E-state index is 3.56. The molecule has 100 valence electrons. The first kappa shape index (κ1) is 13.6. The van der Waals surface area contributed by atoms with Gasteiger partial charge in [-0.25, -0.2) is 0 Å². The molecule has 2 nitrogen and oxygen atoms in total. The van der Waals surface area contributed by atoms with Crippen LogP contribution in [0.1, 0.15) is 37.8 Å². The van der Waals surface area contributed by atoms with Crippen molar-refractivity contribution in [1.29, 1.82) is 0 Å². The monoisotopic (exact) mass is 246 g/mol. The highest BCUT2D eigenvalue weighted by molar-refractivity contribution is 5.28. The fourth-order valence-corrected chi connectivity index (χ4v) is 2.61. The predicted molar refractivity (Wildman–Crippen MR) is 77.8 cm³/mol. The van der Waals surface area contributed by atoms with Crippen molar-refractivity contribution < 1.29 is 0 Å². The van der Waals surface area contributed by atoms with Gasteiger partial charge in [-0.1, -0.05) is 31.2 Å². The van der Waals surface area contributed by atoms with Crippen LogP contribution in [-0.2, 0) is 13.0 Å². The third-order valence-corrected chi connectivity index (χ3v) is 3.83. The second-order valence-electron chi connectivity index (χ2n) is 5.44. The first-order chi connectivity index (χ1) is 8.79. The molecule has 2 heteroatoms. The average molecular weight is 246 g/mol. The van der Waals surface area contributed by atoms with Crippen molar-refractivity contribution in [2.45, 2.75) is 45.7 Å². The first-order valence-electron chi connectivity index (χ1n) is 7.32. The lowest BCUT2D eigenvalue weighted by Crippen LogP contribution is -2.35. The van der Waals surface area contributed by atoms with E-state index in [1.165, 1.54) is 37.9 Å². The molecule has 1 atom stereocenters. The molecule has 2 rings (SSSR count). The molecule has 0 radical (unpaired) electrons. The molecule has 1 aliphatic heterocycles. The Morgan fingerprint density at radius 2 is 2.06 bits per heavy atom. The fourth-order valence-electron chi connectivity index (χ4n) is 2.61. The maximum Gasteiger partial charge on any atom is 0.0236 e. The van der Waals surface area contributed by atoms with Crippen LogP contribution in [0.5, 0.6) is 0 Å². The molecule has 18 heavy (non-hydrogen) atoms. The number of fused-ring (bicyclic) bond motifs is 1. The van der Waals surface area contributed by atoms with Gasteiger partial charge in [0, 0.05) is 19.1 Å². The van der Waals surface area contributed by atoms with Crippen LogP contribution in [0.15, 0.2) is 24.3 Å². The van der Waals surface area contributed by atoms with Crippen molar-refractivity contribution in [3.63, 3.8) is 0 Å². The van der Waals surface area contributed by atoms with E-state index < -0.39 is 0 Å². The topological polar surface area (TPSA) is 15.3 Å². The van der Waals surface area contributed by atoms with Crippen molar-refractivity contribution in [2.24, 2.45) is 0 Å². The van der Waals surface area contributed by atoms with Gasteiger partial charge in [-0.15, -0.1) is 0 Å². The highest BCUT2D eigenvalue weighted by atomic mass is 15.1. The van der Waals surface area contributed by atoms with E-state index in [0.717, 1.165) is 13.1 Å². The Hall–Kier alpha value is -0.860. The molecular weight excluding hydrogens is 220 g/mol. The van der Waals surface area contributed by atoms with E-state index in [0.29, 0.717) is 6.04 Å². The van der Waals surface area contributed by atoms with Gasteiger partial charge in [0.1, 0.15) is 0 Å². The molecule has 0 saturated carbocycles. The Labute approximate surface area is 111 Å². The molecule has 0 amide bonds. The number of nitrogens with zero attached hydrogens (tertiary/aromatic N) is 1. The second kappa shape index (κ2) is 6.91. The molecule has 0 aliphatic carbocycles. The van der Waals surface area contributed by atoms with Gasteiger partial charge in [-0.2, -0.15) is 0 Å². The summed E-state index contributed by atoms with van der Waals surface area (Å²) in [7, 11) is 0. The van der Waals surface area contributed by atoms with Gasteiger partial charge in [0.15, 0.2) is 0 Å². The van der Waals surface area contributed by atoms with E-state index in [2.05, 4.69) is 48.3 Å². The third kappa shape index (κ3) is 3.82. The van der Waals surface area contributed by atoms with E-state index in [1.54, 1.807) is 5.56 Å². The van der Waals surface area contributed by atoms with E-state index in [9.17, 15) is 0 Å². The Bertz CT molecular complexity index is 362. The lowest BCUT2D eigenvalue weighted by atomic mass is 9.99. The number of hydrogen-bond donors (Lipinski definition) is 1. The third-order valence-electron chi connectivity index (χ3n) is 3.83. The summed E-state index contributed by atoms with van der Waals surface area (Å²) in [5.41, 5.74) is 3.07. The Morgan fingerprint density at radius 1 is 1.28 bits per heavy atom. The number of hydrogen-bond acceptors (Lipinski definition) is 2. The van der Waals surface area contributed by atoms with Gasteiger partial charge in [-0.3, -0.25) is 4.90 Å². The summed E-state index contributed by atoms with van der Waals surface area (Å²) in [6.45, 7) is 9.24. The normalized spacial score (nSPS) is 17.4. The van der Waals surface area contributed by atoms with Crippen LogP contribution in [0.4, 0.5) is 0 Å². The van der Waals surface area contributed by atoms with E-state index >= 15 is 0 Å². The van der Waals surface area contributed by atoms with Crippen molar-refractivity contribution in [3.8, 4) is 0 Å². The zero-order valence-corrected chi connectivity index (χ0v) is 11.8. The quantitative estimate of drug-likeness (QED) is 0.830. The van der Waals surface area contributed by atoms with Gasteiger partial charge < -0.3 is 5.32 Å². The van der Waals surface area contributed by atoms with Crippen LogP contribution in [0.25, 0.3) is 0 Å². The van der Waals surface area contributed by atoms with Crippen molar-refractivity contribution in [3.05, 3.63) is 35.4 Å². The lowest BCUT2D eigenvalue weighted by molar-refractivity contribution is 0.240. The molecule has 0 saturated heterocycles. The van der Waals surface area contributed by atoms with Crippen LogP contribution in [0.2, 0.25) is 0 Å². The molecule has 0 bridgehead atoms. The summed E-state index contributed by atoms with van der Waals surface area (Å²) in [6, 6.07) is 9.51. The zero-order valence-electron chi connectivity index (χ0n) is 11.8. The van der Waals surface area contributed by atoms with Crippen LogP contribution in [0.3, 0.4) is 0 Å². The summed E-state index contributed by atoms with van der Waals surface area (Å²) < 4.78 is 0. The molecule has 1 aliphatic rings. The number of nitrogens with one attached hydrogen (secondary N) is 1. The smallest absolute Gasteiger partial charge is 0.0236 e. The minimum Gasteiger partial charge on any atom is -0.314 e. The van der Waals surface area contributed by atoms with Gasteiger partial charge in [-0.05, 0) is 50.4 Å². The highest BCUT2D eigenvalue weighted by Crippen LogP contribution is 2.18. The minimum atomic E-state index is 0.641.